The second-order valence-electron chi connectivity index (χ2n) is 7.71. The Morgan fingerprint density at radius 3 is 2.89 bits per heavy atom. The molecule has 2 N–H and O–H groups in total. The van der Waals surface area contributed by atoms with Crippen LogP contribution in [0.15, 0.2) is 23.0 Å². The van der Waals surface area contributed by atoms with Gasteiger partial charge in [0.2, 0.25) is 5.91 Å². The second-order valence-corrected chi connectivity index (χ2v) is 9.21. The summed E-state index contributed by atoms with van der Waals surface area (Å²) < 4.78 is 22.2. The Balaban J connectivity index is 1.84. The Morgan fingerprint density at radius 1 is 1.36 bits per heavy atom. The summed E-state index contributed by atoms with van der Waals surface area (Å²) in [6.07, 6.45) is 1.39. The van der Waals surface area contributed by atoms with Crippen LogP contribution in [0.25, 0.3) is 0 Å². The van der Waals surface area contributed by atoms with Gasteiger partial charge in [0.05, 0.1) is 33.2 Å². The van der Waals surface area contributed by atoms with Gasteiger partial charge in [-0.15, -0.1) is 11.8 Å². The summed E-state index contributed by atoms with van der Waals surface area (Å²) in [7, 11) is 0. The quantitative estimate of drug-likeness (QED) is 0.765. The minimum absolute atomic E-state index is 0.00905. The number of fused-ring (bicyclic) bond motifs is 1. The third kappa shape index (κ3) is 3.49. The third-order valence-electron chi connectivity index (χ3n) is 5.16. The van der Waals surface area contributed by atoms with Gasteiger partial charge in [-0.05, 0) is 32.8 Å². The molecule has 9 heteroatoms. The van der Waals surface area contributed by atoms with E-state index in [0.717, 1.165) is 0 Å². The fraction of sp³-hybridized carbons (Fsp3) is 0.474. The summed E-state index contributed by atoms with van der Waals surface area (Å²) in [5.41, 5.74) is -0.0238. The fourth-order valence-electron chi connectivity index (χ4n) is 3.91. The Morgan fingerprint density at radius 2 is 2.14 bits per heavy atom. The van der Waals surface area contributed by atoms with Gasteiger partial charge in [-0.2, -0.15) is 0 Å². The topological polar surface area (TPSA) is 76.1 Å². The molecule has 0 unspecified atom stereocenters. The summed E-state index contributed by atoms with van der Waals surface area (Å²) in [4.78, 5) is 25.2. The number of ether oxygens (including phenoxy) is 1. The predicted molar refractivity (Wildman–Crippen MR) is 108 cm³/mol. The van der Waals surface area contributed by atoms with E-state index in [-0.39, 0.29) is 33.9 Å². The van der Waals surface area contributed by atoms with Crippen molar-refractivity contribution < 1.29 is 13.9 Å². The lowest BCUT2D eigenvalue weighted by Gasteiger charge is -2.36. The minimum Gasteiger partial charge on any atom is -0.375 e. The summed E-state index contributed by atoms with van der Waals surface area (Å²) >= 11 is 7.17. The van der Waals surface area contributed by atoms with Crippen LogP contribution in [0, 0.1) is 5.82 Å². The lowest BCUT2D eigenvalue weighted by atomic mass is 9.94. The van der Waals surface area contributed by atoms with Crippen LogP contribution in [0.3, 0.4) is 0 Å². The highest BCUT2D eigenvalue weighted by Crippen LogP contribution is 2.43. The highest BCUT2D eigenvalue weighted by Gasteiger charge is 2.36. The molecule has 2 atom stereocenters. The van der Waals surface area contributed by atoms with Gasteiger partial charge in [-0.25, -0.2) is 4.39 Å². The number of halogens is 2. The fourth-order valence-corrected chi connectivity index (χ4v) is 5.23. The van der Waals surface area contributed by atoms with Crippen LogP contribution in [0.4, 0.5) is 10.2 Å². The molecule has 0 aliphatic carbocycles. The van der Waals surface area contributed by atoms with Crippen molar-refractivity contribution in [2.75, 3.05) is 17.7 Å². The number of benzene rings is 1. The number of nitrogens with one attached hydrogen (secondary N) is 2. The zero-order chi connectivity index (χ0) is 20.1. The first-order valence-electron chi connectivity index (χ1n) is 9.10. The lowest BCUT2D eigenvalue weighted by Crippen LogP contribution is -2.36. The van der Waals surface area contributed by atoms with Crippen molar-refractivity contribution in [1.29, 1.82) is 0 Å². The van der Waals surface area contributed by atoms with Crippen LogP contribution in [0.5, 0.6) is 0 Å². The van der Waals surface area contributed by atoms with Crippen molar-refractivity contribution in [2.45, 2.75) is 43.6 Å². The average Bonchev–Trinajstić information content (AvgIpc) is 2.83. The van der Waals surface area contributed by atoms with Gasteiger partial charge < -0.3 is 10.1 Å². The molecule has 4 rings (SSSR count). The Bertz CT molecular complexity index is 987. The minimum atomic E-state index is -0.634. The van der Waals surface area contributed by atoms with Crippen LogP contribution in [0.1, 0.15) is 49.1 Å². The van der Waals surface area contributed by atoms with Gasteiger partial charge in [0.25, 0.3) is 5.56 Å². The molecule has 3 heterocycles. The Labute approximate surface area is 170 Å². The van der Waals surface area contributed by atoms with E-state index in [9.17, 15) is 14.0 Å². The standard InChI is InChI=1S/C19H21ClFN3O3S/c1-19(2)8-10(6-7-27-19)24-17-14(18(26)23-24)16(28-9-13(25)22-17)11-4-3-5-12(20)15(11)21/h3-5,10,16H,6-9H2,1-2H3,(H,22,25)(H,23,26)/t10-,16+/m1/s1. The maximum absolute atomic E-state index is 14.7. The number of H-pyrrole nitrogens is 1. The number of thioether (sulfide) groups is 1. The molecule has 2 aliphatic rings. The Hall–Kier alpha value is -1.77. The van der Waals surface area contributed by atoms with E-state index in [1.807, 2.05) is 13.8 Å². The number of anilines is 1. The largest absolute Gasteiger partial charge is 0.375 e. The van der Waals surface area contributed by atoms with Crippen molar-refractivity contribution in [3.8, 4) is 0 Å². The van der Waals surface area contributed by atoms with Crippen molar-refractivity contribution in [1.82, 2.24) is 9.78 Å². The lowest BCUT2D eigenvalue weighted by molar-refractivity contribution is -0.113. The van der Waals surface area contributed by atoms with E-state index in [0.29, 0.717) is 36.4 Å². The number of hydrogen-bond acceptors (Lipinski definition) is 4. The number of carbonyl (C=O) groups excluding carboxylic acids is 1. The summed E-state index contributed by atoms with van der Waals surface area (Å²) in [6.45, 7) is 4.55. The molecular weight excluding hydrogens is 405 g/mol. The molecule has 0 bridgehead atoms. The van der Waals surface area contributed by atoms with E-state index in [1.54, 1.807) is 16.8 Å². The van der Waals surface area contributed by atoms with Crippen LogP contribution in [-0.4, -0.2) is 33.6 Å². The highest BCUT2D eigenvalue weighted by atomic mass is 35.5. The summed E-state index contributed by atoms with van der Waals surface area (Å²) in [6, 6.07) is 4.68. The normalized spacial score (nSPS) is 24.4. The molecule has 2 aromatic rings. The molecule has 0 spiro atoms. The number of aromatic nitrogens is 2. The van der Waals surface area contributed by atoms with E-state index >= 15 is 0 Å². The van der Waals surface area contributed by atoms with Gasteiger partial charge in [0.15, 0.2) is 0 Å². The molecule has 1 aromatic carbocycles. The van der Waals surface area contributed by atoms with Gasteiger partial charge in [0, 0.05) is 12.2 Å². The van der Waals surface area contributed by atoms with Crippen LogP contribution >= 0.6 is 23.4 Å². The zero-order valence-corrected chi connectivity index (χ0v) is 17.1. The van der Waals surface area contributed by atoms with E-state index < -0.39 is 11.1 Å². The highest BCUT2D eigenvalue weighted by molar-refractivity contribution is 8.00. The van der Waals surface area contributed by atoms with Crippen molar-refractivity contribution in [3.63, 3.8) is 0 Å². The number of carbonyl (C=O) groups is 1. The van der Waals surface area contributed by atoms with E-state index in [4.69, 9.17) is 16.3 Å². The maximum atomic E-state index is 14.7. The van der Waals surface area contributed by atoms with Crippen LogP contribution in [-0.2, 0) is 9.53 Å². The molecule has 1 aromatic heterocycles. The van der Waals surface area contributed by atoms with Gasteiger partial charge >= 0.3 is 0 Å². The maximum Gasteiger partial charge on any atom is 0.270 e. The number of nitrogens with zero attached hydrogens (tertiary/aromatic N) is 1. The molecule has 28 heavy (non-hydrogen) atoms. The number of aromatic amines is 1. The predicted octanol–water partition coefficient (Wildman–Crippen LogP) is 3.87. The molecule has 0 radical (unpaired) electrons. The van der Waals surface area contributed by atoms with E-state index in [2.05, 4.69) is 10.4 Å². The van der Waals surface area contributed by atoms with Crippen molar-refractivity contribution in [3.05, 3.63) is 50.5 Å². The Kier molecular flexibility index (Phi) is 5.05. The first kappa shape index (κ1) is 19.5. The van der Waals surface area contributed by atoms with E-state index in [1.165, 1.54) is 17.8 Å². The van der Waals surface area contributed by atoms with Crippen molar-refractivity contribution >= 4 is 35.1 Å². The van der Waals surface area contributed by atoms with Crippen LogP contribution < -0.4 is 10.9 Å². The van der Waals surface area contributed by atoms with Crippen LogP contribution in [0.2, 0.25) is 5.02 Å². The number of rotatable bonds is 2. The van der Waals surface area contributed by atoms with Gasteiger partial charge in [-0.1, -0.05) is 23.7 Å². The summed E-state index contributed by atoms with van der Waals surface area (Å²) in [5.74, 6) is -0.270. The molecular formula is C19H21ClFN3O3S. The molecule has 150 valence electrons. The molecule has 1 amide bonds. The monoisotopic (exact) mass is 425 g/mol. The first-order valence-corrected chi connectivity index (χ1v) is 10.5. The molecule has 0 saturated carbocycles. The second kappa shape index (κ2) is 7.24. The SMILES string of the molecule is CC1(C)C[C@H](n2[nH]c(=O)c3c2NC(=O)CS[C@H]3c2cccc(Cl)c2F)CCO1. The molecule has 1 saturated heterocycles. The third-order valence-corrected chi connectivity index (χ3v) is 6.71. The van der Waals surface area contributed by atoms with Gasteiger partial charge in [-0.3, -0.25) is 19.4 Å². The number of amides is 1. The van der Waals surface area contributed by atoms with Gasteiger partial charge in [0.1, 0.15) is 11.6 Å². The average molecular weight is 426 g/mol. The summed E-state index contributed by atoms with van der Waals surface area (Å²) in [5, 5.41) is 5.07. The van der Waals surface area contributed by atoms with Crippen molar-refractivity contribution in [2.24, 2.45) is 0 Å². The molecule has 2 aliphatic heterocycles. The zero-order valence-electron chi connectivity index (χ0n) is 15.6. The smallest absolute Gasteiger partial charge is 0.270 e. The first-order chi connectivity index (χ1) is 13.3. The molecule has 1 fully saturated rings. The number of hydrogen-bond donors (Lipinski definition) is 2. The molecule has 6 nitrogen and oxygen atoms in total.